The minimum absolute atomic E-state index is 0. The summed E-state index contributed by atoms with van der Waals surface area (Å²) in [6.07, 6.45) is 0. The van der Waals surface area contributed by atoms with E-state index in [0.29, 0.717) is 0 Å². The van der Waals surface area contributed by atoms with Crippen LogP contribution >= 0.6 is 76.6 Å². The van der Waals surface area contributed by atoms with Gasteiger partial charge in [0.05, 0.1) is 10.7 Å². The van der Waals surface area contributed by atoms with E-state index in [1.54, 1.807) is 0 Å². The van der Waals surface area contributed by atoms with Gasteiger partial charge in [0.2, 0.25) is 0 Å². The first-order chi connectivity index (χ1) is 4.56. The second kappa shape index (κ2) is 29.3. The van der Waals surface area contributed by atoms with Gasteiger partial charge < -0.3 is 12.4 Å². The first-order valence-electron chi connectivity index (χ1n) is 1.72. The van der Waals surface area contributed by atoms with Crippen LogP contribution in [0.4, 0.5) is 0 Å². The molecule has 0 atom stereocenters. The topological polar surface area (TPSA) is 0 Å². The van der Waals surface area contributed by atoms with Crippen molar-refractivity contribution in [1.29, 1.82) is 0 Å². The van der Waals surface area contributed by atoms with E-state index in [9.17, 15) is 0 Å². The lowest BCUT2D eigenvalue weighted by Crippen LogP contribution is -3.00. The fraction of sp³-hybridized carbons (Fsp3) is 1.00. The molecule has 0 heterocycles. The molecule has 0 saturated heterocycles. The maximum Gasteiger partial charge on any atom is 0.643 e. The predicted molar refractivity (Wildman–Crippen MR) is 56.5 cm³/mol. The van der Waals surface area contributed by atoms with Crippen molar-refractivity contribution in [3.63, 3.8) is 0 Å². The highest BCUT2D eigenvalue weighted by Gasteiger charge is 2.00. The fourth-order valence-corrected chi connectivity index (χ4v) is 0. The van der Waals surface area contributed by atoms with E-state index < -0.39 is 11.4 Å². The number of hydrogen-bond donors (Lipinski definition) is 0. The summed E-state index contributed by atoms with van der Waals surface area (Å²) in [5.74, 6) is 0. The molecule has 0 bridgehead atoms. The molecule has 0 fully saturated rings. The SMILES string of the molecule is ClCCl.ClCCl.[Cl-].[Cl][Al]([Cl])[Cl]. The van der Waals surface area contributed by atoms with Gasteiger partial charge in [-0.1, -0.05) is 0 Å². The summed E-state index contributed by atoms with van der Waals surface area (Å²) in [6, 6.07) is 0. The highest BCUT2D eigenvalue weighted by atomic mass is 35.8. The van der Waals surface area contributed by atoms with E-state index in [0.717, 1.165) is 0 Å². The molecule has 0 aromatic rings. The van der Waals surface area contributed by atoms with Crippen molar-refractivity contribution in [3.8, 4) is 0 Å². The van der Waals surface area contributed by atoms with Gasteiger partial charge in [-0.2, -0.15) is 0 Å². The van der Waals surface area contributed by atoms with E-state index in [4.69, 9.17) is 76.6 Å². The summed E-state index contributed by atoms with van der Waals surface area (Å²) in [6.45, 7) is 0. The summed E-state index contributed by atoms with van der Waals surface area (Å²) >= 11 is 17.3. The molecule has 0 aromatic carbocycles. The average molecular weight is 339 g/mol. The summed E-state index contributed by atoms with van der Waals surface area (Å²) in [5.41, 5.74) is 0. The van der Waals surface area contributed by atoms with Crippen LogP contribution < -0.4 is 12.4 Å². The van der Waals surface area contributed by atoms with Crippen molar-refractivity contribution in [2.75, 3.05) is 10.7 Å². The van der Waals surface area contributed by atoms with Crippen LogP contribution in [0.5, 0.6) is 0 Å². The molecule has 0 aliphatic heterocycles. The second-order valence-electron chi connectivity index (χ2n) is 0.449. The zero-order chi connectivity index (χ0) is 8.99. The molecule has 0 N–H and O–H groups in total. The summed E-state index contributed by atoms with van der Waals surface area (Å²) in [7, 11) is 14.8. The zero-order valence-corrected chi connectivity index (χ0v) is 12.2. The van der Waals surface area contributed by atoms with Gasteiger partial charge in [0.25, 0.3) is 0 Å². The Kier molecular flexibility index (Phi) is 62.7. The Morgan fingerprint density at radius 2 is 0.727 bits per heavy atom. The molecule has 0 saturated carbocycles. The van der Waals surface area contributed by atoms with Gasteiger partial charge in [-0.05, 0) is 0 Å². The third kappa shape index (κ3) is 186. The Balaban J connectivity index is -0.0000000325. The highest BCUT2D eigenvalue weighted by molar-refractivity contribution is 7.54. The molecule has 0 spiro atoms. The number of hydrogen-bond acceptors (Lipinski definition) is 0. The van der Waals surface area contributed by atoms with E-state index >= 15 is 0 Å². The van der Waals surface area contributed by atoms with Crippen LogP contribution in [-0.2, 0) is 0 Å². The first-order valence-corrected chi connectivity index (χ1v) is 9.10. The van der Waals surface area contributed by atoms with Crippen LogP contribution in [0.3, 0.4) is 0 Å². The first kappa shape index (κ1) is 23.6. The summed E-state index contributed by atoms with van der Waals surface area (Å²) in [4.78, 5) is 0. The lowest BCUT2D eigenvalue weighted by Gasteiger charge is -1.57. The number of alkyl halides is 4. The molecule has 9 heteroatoms. The Morgan fingerprint density at radius 1 is 0.727 bits per heavy atom. The summed E-state index contributed by atoms with van der Waals surface area (Å²) < 4.78 is 0. The molecular formula is C2H4AlCl8-. The maximum absolute atomic E-state index is 4.94. The van der Waals surface area contributed by atoms with E-state index in [2.05, 4.69) is 0 Å². The Morgan fingerprint density at radius 3 is 0.727 bits per heavy atom. The fourth-order valence-electron chi connectivity index (χ4n) is 0. The van der Waals surface area contributed by atoms with E-state index in [-0.39, 0.29) is 23.1 Å². The van der Waals surface area contributed by atoms with Gasteiger partial charge in [-0.25, -0.2) is 30.1 Å². The Labute approximate surface area is 110 Å². The maximum atomic E-state index is 4.94. The van der Waals surface area contributed by atoms with Gasteiger partial charge in [0, 0.05) is 0 Å². The largest absolute Gasteiger partial charge is 1.00 e. The van der Waals surface area contributed by atoms with Gasteiger partial charge in [0.15, 0.2) is 0 Å². The van der Waals surface area contributed by atoms with Crippen LogP contribution in [0.25, 0.3) is 0 Å². The zero-order valence-electron chi connectivity index (χ0n) is 5.02. The van der Waals surface area contributed by atoms with Crippen LogP contribution in [0, 0.1) is 0 Å². The Bertz CT molecular complexity index is 28.5. The molecular weight excluding hydrogens is 335 g/mol. The molecule has 0 aromatic heterocycles. The lowest BCUT2D eigenvalue weighted by atomic mass is 11.9. The smallest absolute Gasteiger partial charge is 0.643 e. The minimum atomic E-state index is -1.72. The van der Waals surface area contributed by atoms with Gasteiger partial charge >= 0.3 is 11.4 Å². The van der Waals surface area contributed by atoms with Crippen LogP contribution in [0.2, 0.25) is 0 Å². The molecule has 0 nitrogen and oxygen atoms in total. The van der Waals surface area contributed by atoms with Crippen molar-refractivity contribution >= 4 is 87.9 Å². The molecule has 0 amide bonds. The lowest BCUT2D eigenvalue weighted by molar-refractivity contribution is -0.00000160. The Hall–Kier alpha value is 2.85. The minimum Gasteiger partial charge on any atom is -1.00 e. The third-order valence-corrected chi connectivity index (χ3v) is 0. The normalized spacial score (nSPS) is 5.73. The molecule has 0 radical (unpaired) electrons. The van der Waals surface area contributed by atoms with Gasteiger partial charge in [-0.3, -0.25) is 0 Å². The van der Waals surface area contributed by atoms with Crippen molar-refractivity contribution in [2.24, 2.45) is 0 Å². The van der Waals surface area contributed by atoms with Crippen molar-refractivity contribution < 1.29 is 12.4 Å². The standard InChI is InChI=1S/2CH2Cl2.Al.4ClH/c2*2-1-3;;;;;/h2*1H2;;4*1H/q;;+3;;;;/p-4. The molecule has 0 aliphatic rings. The quantitative estimate of drug-likeness (QED) is 0.464. The van der Waals surface area contributed by atoms with Gasteiger partial charge in [-0.15, -0.1) is 46.4 Å². The van der Waals surface area contributed by atoms with Crippen LogP contribution in [-0.4, -0.2) is 22.1 Å². The summed E-state index contributed by atoms with van der Waals surface area (Å²) in [5, 5.41) is 0.389. The van der Waals surface area contributed by atoms with Crippen molar-refractivity contribution in [1.82, 2.24) is 0 Å². The van der Waals surface area contributed by atoms with E-state index in [1.807, 2.05) is 0 Å². The highest BCUT2D eigenvalue weighted by Crippen LogP contribution is 1.97. The predicted octanol–water partition coefficient (Wildman–Crippen LogP) is 1.53. The molecule has 0 unspecified atom stereocenters. The molecule has 11 heavy (non-hydrogen) atoms. The van der Waals surface area contributed by atoms with Crippen LogP contribution in [0.1, 0.15) is 0 Å². The van der Waals surface area contributed by atoms with Crippen LogP contribution in [0.15, 0.2) is 0 Å². The van der Waals surface area contributed by atoms with Gasteiger partial charge in [0.1, 0.15) is 0 Å². The number of rotatable bonds is 0. The molecule has 0 rings (SSSR count). The number of halogens is 8. The van der Waals surface area contributed by atoms with Crippen molar-refractivity contribution in [2.45, 2.75) is 0 Å². The van der Waals surface area contributed by atoms with E-state index in [1.165, 1.54) is 0 Å². The third-order valence-electron chi connectivity index (χ3n) is 0. The van der Waals surface area contributed by atoms with Crippen molar-refractivity contribution in [3.05, 3.63) is 0 Å². The molecule has 0 aliphatic carbocycles. The second-order valence-corrected chi connectivity index (χ2v) is 8.50. The average Bonchev–Trinajstić information content (AvgIpc) is 1.65. The molecule has 72 valence electrons. The monoisotopic (exact) mass is 335 g/mol.